The summed E-state index contributed by atoms with van der Waals surface area (Å²) in [6.07, 6.45) is 0.858. The number of rotatable bonds is 5. The van der Waals surface area contributed by atoms with E-state index in [4.69, 9.17) is 27.9 Å². The summed E-state index contributed by atoms with van der Waals surface area (Å²) < 4.78 is 5.45. The molecule has 1 fully saturated rings. The first-order valence-corrected chi connectivity index (χ1v) is 8.32. The zero-order valence-corrected chi connectivity index (χ0v) is 14.2. The van der Waals surface area contributed by atoms with Crippen LogP contribution in [0, 0.1) is 0 Å². The van der Waals surface area contributed by atoms with Gasteiger partial charge < -0.3 is 10.1 Å². The van der Waals surface area contributed by atoms with E-state index >= 15 is 0 Å². The van der Waals surface area contributed by atoms with E-state index in [0.717, 1.165) is 12.8 Å². The number of esters is 1. The van der Waals surface area contributed by atoms with Gasteiger partial charge >= 0.3 is 5.97 Å². The molecule has 1 unspecified atom stereocenters. The van der Waals surface area contributed by atoms with Crippen molar-refractivity contribution < 1.29 is 14.3 Å². The highest BCUT2D eigenvalue weighted by molar-refractivity contribution is 6.43. The van der Waals surface area contributed by atoms with Gasteiger partial charge in [0.15, 0.2) is 0 Å². The maximum absolute atomic E-state index is 12.5. The molecule has 2 aromatic carbocycles. The molecule has 4 nitrogen and oxygen atoms in total. The van der Waals surface area contributed by atoms with Gasteiger partial charge in [-0.25, -0.2) is 4.79 Å². The minimum atomic E-state index is -1.03. The first-order valence-electron chi connectivity index (χ1n) is 7.56. The van der Waals surface area contributed by atoms with Gasteiger partial charge in [-0.05, 0) is 25.0 Å². The van der Waals surface area contributed by atoms with Crippen molar-refractivity contribution in [3.05, 3.63) is 69.7 Å². The average molecular weight is 364 g/mol. The fourth-order valence-corrected chi connectivity index (χ4v) is 2.61. The molecule has 0 aliphatic heterocycles. The number of nitrogens with one attached hydrogen (secondary N) is 1. The predicted molar refractivity (Wildman–Crippen MR) is 92.2 cm³/mol. The molecule has 1 aliphatic carbocycles. The fourth-order valence-electron chi connectivity index (χ4n) is 2.24. The van der Waals surface area contributed by atoms with Gasteiger partial charge in [-0.3, -0.25) is 4.79 Å². The van der Waals surface area contributed by atoms with Crippen molar-refractivity contribution in [1.29, 1.82) is 0 Å². The van der Waals surface area contributed by atoms with Gasteiger partial charge in [-0.2, -0.15) is 0 Å². The summed E-state index contributed by atoms with van der Waals surface area (Å²) in [4.78, 5) is 24.9. The van der Waals surface area contributed by atoms with Crippen molar-refractivity contribution >= 4 is 35.1 Å². The number of amides is 1. The number of benzene rings is 2. The summed E-state index contributed by atoms with van der Waals surface area (Å²) >= 11 is 12.0. The Bertz CT molecular complexity index is 760. The molecule has 1 N–H and O–H groups in total. The summed E-state index contributed by atoms with van der Waals surface area (Å²) in [6.45, 7) is 0. The average Bonchev–Trinajstić information content (AvgIpc) is 3.39. The normalized spacial score (nSPS) is 14.8. The molecule has 0 bridgehead atoms. The fraction of sp³-hybridized carbons (Fsp3) is 0.222. The zero-order chi connectivity index (χ0) is 17.1. The minimum Gasteiger partial charge on any atom is -0.444 e. The topological polar surface area (TPSA) is 55.4 Å². The van der Waals surface area contributed by atoms with Gasteiger partial charge in [0, 0.05) is 11.6 Å². The smallest absolute Gasteiger partial charge is 0.340 e. The predicted octanol–water partition coefficient (Wildman–Crippen LogP) is 4.17. The van der Waals surface area contributed by atoms with Crippen molar-refractivity contribution in [2.45, 2.75) is 25.0 Å². The van der Waals surface area contributed by atoms with Crippen molar-refractivity contribution in [2.75, 3.05) is 0 Å². The Morgan fingerprint density at radius 1 is 1.04 bits per heavy atom. The SMILES string of the molecule is O=C(OC(C(=O)NC1CC1)c1ccccc1)c1cccc(Cl)c1Cl. The first-order chi connectivity index (χ1) is 11.6. The lowest BCUT2D eigenvalue weighted by Gasteiger charge is -2.18. The van der Waals surface area contributed by atoms with Crippen molar-refractivity contribution in [2.24, 2.45) is 0 Å². The van der Waals surface area contributed by atoms with E-state index in [2.05, 4.69) is 5.32 Å². The van der Waals surface area contributed by atoms with E-state index in [1.165, 1.54) is 6.07 Å². The Morgan fingerprint density at radius 2 is 1.75 bits per heavy atom. The number of hydrogen-bond acceptors (Lipinski definition) is 3. The molecule has 0 spiro atoms. The van der Waals surface area contributed by atoms with E-state index < -0.39 is 12.1 Å². The van der Waals surface area contributed by atoms with Gasteiger partial charge in [0.2, 0.25) is 6.10 Å². The van der Waals surface area contributed by atoms with Crippen LogP contribution in [0.15, 0.2) is 48.5 Å². The zero-order valence-electron chi connectivity index (χ0n) is 12.7. The lowest BCUT2D eigenvalue weighted by molar-refractivity contribution is -0.130. The van der Waals surface area contributed by atoms with E-state index in [0.29, 0.717) is 5.56 Å². The van der Waals surface area contributed by atoms with Crippen LogP contribution in [0.25, 0.3) is 0 Å². The molecule has 1 amide bonds. The van der Waals surface area contributed by atoms with Crippen LogP contribution in [0.5, 0.6) is 0 Å². The van der Waals surface area contributed by atoms with Gasteiger partial charge in [0.1, 0.15) is 0 Å². The van der Waals surface area contributed by atoms with E-state index in [1.807, 2.05) is 6.07 Å². The van der Waals surface area contributed by atoms with Gasteiger partial charge in [0.25, 0.3) is 5.91 Å². The van der Waals surface area contributed by atoms with Crippen LogP contribution in [-0.4, -0.2) is 17.9 Å². The maximum atomic E-state index is 12.5. The molecule has 6 heteroatoms. The standard InChI is InChI=1S/C18H15Cl2NO3/c19-14-8-4-7-13(15(14)20)18(23)24-16(11-5-2-1-3-6-11)17(22)21-12-9-10-12/h1-8,12,16H,9-10H2,(H,21,22). The Balaban J connectivity index is 1.84. The number of carbonyl (C=O) groups is 2. The second-order valence-corrected chi connectivity index (χ2v) is 6.37. The molecule has 0 radical (unpaired) electrons. The second kappa shape index (κ2) is 7.24. The largest absolute Gasteiger partial charge is 0.444 e. The van der Waals surface area contributed by atoms with Crippen molar-refractivity contribution in [3.63, 3.8) is 0 Å². The first kappa shape index (κ1) is 16.8. The quantitative estimate of drug-likeness (QED) is 0.811. The summed E-state index contributed by atoms with van der Waals surface area (Å²) in [7, 11) is 0. The molecule has 1 saturated carbocycles. The van der Waals surface area contributed by atoms with E-state index in [1.54, 1.807) is 36.4 Å². The van der Waals surface area contributed by atoms with Crippen molar-refractivity contribution in [3.8, 4) is 0 Å². The minimum absolute atomic E-state index is 0.110. The third-order valence-corrected chi connectivity index (χ3v) is 4.48. The molecular formula is C18H15Cl2NO3. The maximum Gasteiger partial charge on any atom is 0.340 e. The van der Waals surface area contributed by atoms with Crippen molar-refractivity contribution in [1.82, 2.24) is 5.32 Å². The lowest BCUT2D eigenvalue weighted by Crippen LogP contribution is -2.33. The summed E-state index contributed by atoms with van der Waals surface area (Å²) in [6, 6.07) is 13.7. The van der Waals surface area contributed by atoms with Gasteiger partial charge in [0.05, 0.1) is 15.6 Å². The van der Waals surface area contributed by atoms with E-state index in [9.17, 15) is 9.59 Å². The monoisotopic (exact) mass is 363 g/mol. The molecule has 0 saturated heterocycles. The van der Waals surface area contributed by atoms with E-state index in [-0.39, 0.29) is 27.6 Å². The summed E-state index contributed by atoms with van der Waals surface area (Å²) in [5.74, 6) is -1.03. The number of ether oxygens (including phenoxy) is 1. The Kier molecular flexibility index (Phi) is 5.07. The number of hydrogen-bond donors (Lipinski definition) is 1. The highest BCUT2D eigenvalue weighted by atomic mass is 35.5. The molecule has 1 atom stereocenters. The van der Waals surface area contributed by atoms with Crippen LogP contribution in [0.2, 0.25) is 10.0 Å². The Labute approximate surface area is 149 Å². The van der Waals surface area contributed by atoms with Crippen LogP contribution in [0.3, 0.4) is 0 Å². The van der Waals surface area contributed by atoms with Crippen LogP contribution >= 0.6 is 23.2 Å². The molecule has 1 aliphatic rings. The third kappa shape index (κ3) is 3.89. The van der Waals surface area contributed by atoms with Gasteiger partial charge in [-0.1, -0.05) is 59.6 Å². The van der Waals surface area contributed by atoms with Crippen LogP contribution in [0.4, 0.5) is 0 Å². The summed E-state index contributed by atoms with van der Waals surface area (Å²) in [5.41, 5.74) is 0.728. The molecule has 0 heterocycles. The Morgan fingerprint density at radius 3 is 2.42 bits per heavy atom. The van der Waals surface area contributed by atoms with Crippen LogP contribution < -0.4 is 5.32 Å². The number of halogens is 2. The third-order valence-electron chi connectivity index (χ3n) is 3.66. The molecule has 2 aromatic rings. The lowest BCUT2D eigenvalue weighted by atomic mass is 10.1. The summed E-state index contributed by atoms with van der Waals surface area (Å²) in [5, 5.41) is 3.22. The highest BCUT2D eigenvalue weighted by Crippen LogP contribution is 2.29. The Hall–Kier alpha value is -2.04. The second-order valence-electron chi connectivity index (χ2n) is 5.58. The van der Waals surface area contributed by atoms with Crippen LogP contribution in [-0.2, 0) is 9.53 Å². The van der Waals surface area contributed by atoms with Gasteiger partial charge in [-0.15, -0.1) is 0 Å². The molecule has 0 aromatic heterocycles. The van der Waals surface area contributed by atoms with Crippen LogP contribution in [0.1, 0.15) is 34.9 Å². The molecular weight excluding hydrogens is 349 g/mol. The number of carbonyl (C=O) groups excluding carboxylic acids is 2. The highest BCUT2D eigenvalue weighted by Gasteiger charge is 2.31. The molecule has 124 valence electrons. The molecule has 24 heavy (non-hydrogen) atoms. The molecule has 3 rings (SSSR count).